The average molecular weight is 352 g/mol. The van der Waals surface area contributed by atoms with Crippen molar-refractivity contribution >= 4 is 17.5 Å². The van der Waals surface area contributed by atoms with E-state index < -0.39 is 0 Å². The van der Waals surface area contributed by atoms with Crippen molar-refractivity contribution in [1.29, 1.82) is 0 Å². The second kappa shape index (κ2) is 8.52. The Bertz CT molecular complexity index is 761. The first-order chi connectivity index (χ1) is 12.6. The van der Waals surface area contributed by atoms with E-state index in [1.807, 2.05) is 49.5 Å². The van der Waals surface area contributed by atoms with Gasteiger partial charge in [-0.05, 0) is 30.5 Å². The van der Waals surface area contributed by atoms with Gasteiger partial charge >= 0.3 is 0 Å². The first kappa shape index (κ1) is 18.0. The van der Waals surface area contributed by atoms with Gasteiger partial charge in [-0.25, -0.2) is 0 Å². The molecule has 5 nitrogen and oxygen atoms in total. The van der Waals surface area contributed by atoms with Gasteiger partial charge in [0.25, 0.3) is 5.91 Å². The van der Waals surface area contributed by atoms with Crippen molar-refractivity contribution in [2.75, 3.05) is 31.6 Å². The summed E-state index contributed by atoms with van der Waals surface area (Å²) in [6.07, 6.45) is 2.18. The van der Waals surface area contributed by atoms with Gasteiger partial charge < -0.3 is 14.5 Å². The predicted octanol–water partition coefficient (Wildman–Crippen LogP) is 2.89. The van der Waals surface area contributed by atoms with E-state index in [0.29, 0.717) is 25.3 Å². The van der Waals surface area contributed by atoms with Crippen molar-refractivity contribution in [2.24, 2.45) is 0 Å². The fourth-order valence-electron chi connectivity index (χ4n) is 3.09. The minimum Gasteiger partial charge on any atom is -0.482 e. The molecule has 26 heavy (non-hydrogen) atoms. The van der Waals surface area contributed by atoms with Crippen molar-refractivity contribution < 1.29 is 14.3 Å². The lowest BCUT2D eigenvalue weighted by molar-refractivity contribution is -0.129. The van der Waals surface area contributed by atoms with Crippen LogP contribution in [-0.2, 0) is 16.0 Å². The smallest absolute Gasteiger partial charge is 0.265 e. The molecule has 2 aromatic carbocycles. The molecule has 0 radical (unpaired) electrons. The van der Waals surface area contributed by atoms with E-state index in [4.69, 9.17) is 4.74 Å². The van der Waals surface area contributed by atoms with Gasteiger partial charge in [0.1, 0.15) is 5.75 Å². The number of hydrogen-bond donors (Lipinski definition) is 0. The van der Waals surface area contributed by atoms with Crippen LogP contribution in [-0.4, -0.2) is 43.5 Å². The Labute approximate surface area is 154 Å². The highest BCUT2D eigenvalue weighted by Gasteiger charge is 2.25. The van der Waals surface area contributed by atoms with Crippen molar-refractivity contribution in [3.8, 4) is 5.75 Å². The molecule has 0 aliphatic carbocycles. The van der Waals surface area contributed by atoms with Crippen molar-refractivity contribution in [3.05, 3.63) is 60.2 Å². The summed E-state index contributed by atoms with van der Waals surface area (Å²) in [6, 6.07) is 17.7. The Morgan fingerprint density at radius 3 is 2.65 bits per heavy atom. The van der Waals surface area contributed by atoms with E-state index in [0.717, 1.165) is 18.5 Å². The molecule has 5 heteroatoms. The molecule has 136 valence electrons. The number of carbonyl (C=O) groups excluding carboxylic acids is 2. The third-order valence-corrected chi connectivity index (χ3v) is 4.59. The molecular formula is C21H24N2O3. The summed E-state index contributed by atoms with van der Waals surface area (Å²) < 4.78 is 5.43. The molecule has 2 aromatic rings. The Morgan fingerprint density at radius 2 is 1.85 bits per heavy atom. The van der Waals surface area contributed by atoms with Gasteiger partial charge in [-0.1, -0.05) is 42.5 Å². The minimum atomic E-state index is -0.108. The third kappa shape index (κ3) is 4.42. The molecule has 0 saturated carbocycles. The summed E-state index contributed by atoms with van der Waals surface area (Å²) in [4.78, 5) is 27.9. The molecule has 0 unspecified atom stereocenters. The number of nitrogens with zero attached hydrogens (tertiary/aromatic N) is 2. The van der Waals surface area contributed by atoms with Crippen LogP contribution in [0.2, 0.25) is 0 Å². The van der Waals surface area contributed by atoms with Gasteiger partial charge in [-0.2, -0.15) is 0 Å². The molecule has 1 aliphatic rings. The molecule has 2 amide bonds. The molecule has 0 N–H and O–H groups in total. The highest BCUT2D eigenvalue weighted by molar-refractivity contribution is 5.98. The summed E-state index contributed by atoms with van der Waals surface area (Å²) in [7, 11) is 1.82. The zero-order valence-corrected chi connectivity index (χ0v) is 15.1. The lowest BCUT2D eigenvalue weighted by atomic mass is 10.1. The Kier molecular flexibility index (Phi) is 5.89. The molecule has 0 atom stereocenters. The van der Waals surface area contributed by atoms with Crippen molar-refractivity contribution in [2.45, 2.75) is 19.3 Å². The van der Waals surface area contributed by atoms with E-state index in [-0.39, 0.29) is 18.4 Å². The number of benzene rings is 2. The number of carbonyl (C=O) groups is 2. The number of rotatable bonds is 7. The average Bonchev–Trinajstić information content (AvgIpc) is 2.67. The number of hydrogen-bond acceptors (Lipinski definition) is 3. The van der Waals surface area contributed by atoms with Gasteiger partial charge in [-0.15, -0.1) is 0 Å². The Balaban J connectivity index is 1.48. The molecule has 3 rings (SSSR count). The van der Waals surface area contributed by atoms with Crippen LogP contribution in [0.15, 0.2) is 54.6 Å². The van der Waals surface area contributed by atoms with Crippen LogP contribution in [0.5, 0.6) is 5.75 Å². The molecule has 0 saturated heterocycles. The number of amides is 2. The third-order valence-electron chi connectivity index (χ3n) is 4.59. The van der Waals surface area contributed by atoms with Crippen LogP contribution in [0, 0.1) is 0 Å². The van der Waals surface area contributed by atoms with Gasteiger partial charge in [-0.3, -0.25) is 9.59 Å². The van der Waals surface area contributed by atoms with E-state index >= 15 is 0 Å². The second-order valence-corrected chi connectivity index (χ2v) is 6.46. The van der Waals surface area contributed by atoms with Crippen LogP contribution < -0.4 is 9.64 Å². The molecule has 0 fully saturated rings. The van der Waals surface area contributed by atoms with E-state index in [1.165, 1.54) is 5.56 Å². The topological polar surface area (TPSA) is 49.9 Å². The van der Waals surface area contributed by atoms with Gasteiger partial charge in [0, 0.05) is 26.6 Å². The molecule has 1 aliphatic heterocycles. The predicted molar refractivity (Wildman–Crippen MR) is 101 cm³/mol. The Morgan fingerprint density at radius 1 is 1.12 bits per heavy atom. The number of fused-ring (bicyclic) bond motifs is 1. The summed E-state index contributed by atoms with van der Waals surface area (Å²) >= 11 is 0. The number of para-hydroxylation sites is 2. The first-order valence-electron chi connectivity index (χ1n) is 8.95. The maximum absolute atomic E-state index is 12.4. The highest BCUT2D eigenvalue weighted by Crippen LogP contribution is 2.31. The summed E-state index contributed by atoms with van der Waals surface area (Å²) in [5.41, 5.74) is 2.02. The van der Waals surface area contributed by atoms with Crippen molar-refractivity contribution in [3.63, 3.8) is 0 Å². The van der Waals surface area contributed by atoms with Crippen LogP contribution in [0.4, 0.5) is 5.69 Å². The summed E-state index contributed by atoms with van der Waals surface area (Å²) in [5, 5.41) is 0. The summed E-state index contributed by atoms with van der Waals surface area (Å²) in [6.45, 7) is 1.11. The van der Waals surface area contributed by atoms with Crippen LogP contribution in [0.25, 0.3) is 0 Å². The zero-order chi connectivity index (χ0) is 18.4. The monoisotopic (exact) mass is 352 g/mol. The number of anilines is 1. The normalized spacial score (nSPS) is 13.1. The van der Waals surface area contributed by atoms with Crippen molar-refractivity contribution in [1.82, 2.24) is 4.90 Å². The van der Waals surface area contributed by atoms with Crippen LogP contribution in [0.1, 0.15) is 18.4 Å². The zero-order valence-electron chi connectivity index (χ0n) is 15.1. The lowest BCUT2D eigenvalue weighted by Gasteiger charge is -2.29. The standard InChI is InChI=1S/C21H24N2O3/c1-22(14-7-10-17-8-3-2-4-9-17)20(24)13-15-23-18-11-5-6-12-19(18)26-16-21(23)25/h2-6,8-9,11-12H,7,10,13-16H2,1H3. The second-order valence-electron chi connectivity index (χ2n) is 6.46. The van der Waals surface area contributed by atoms with Gasteiger partial charge in [0.05, 0.1) is 5.69 Å². The minimum absolute atomic E-state index is 0.0259. The highest BCUT2D eigenvalue weighted by atomic mass is 16.5. The summed E-state index contributed by atoms with van der Waals surface area (Å²) in [5.74, 6) is 0.633. The number of aryl methyl sites for hydroxylation is 1. The van der Waals surface area contributed by atoms with E-state index in [1.54, 1.807) is 9.80 Å². The fourth-order valence-corrected chi connectivity index (χ4v) is 3.09. The lowest BCUT2D eigenvalue weighted by Crippen LogP contribution is -2.41. The fraction of sp³-hybridized carbons (Fsp3) is 0.333. The molecule has 0 bridgehead atoms. The maximum Gasteiger partial charge on any atom is 0.265 e. The molecular weight excluding hydrogens is 328 g/mol. The first-order valence-corrected chi connectivity index (χ1v) is 8.95. The molecule has 1 heterocycles. The maximum atomic E-state index is 12.4. The van der Waals surface area contributed by atoms with E-state index in [2.05, 4.69) is 12.1 Å². The number of ether oxygens (including phenoxy) is 1. The Hall–Kier alpha value is -2.82. The molecule has 0 spiro atoms. The van der Waals surface area contributed by atoms with E-state index in [9.17, 15) is 9.59 Å². The largest absolute Gasteiger partial charge is 0.482 e. The van der Waals surface area contributed by atoms with Gasteiger partial charge in [0.15, 0.2) is 6.61 Å². The van der Waals surface area contributed by atoms with Crippen LogP contribution >= 0.6 is 0 Å². The quantitative estimate of drug-likeness (QED) is 0.770. The SMILES string of the molecule is CN(CCCc1ccccc1)C(=O)CCN1C(=O)COc2ccccc21. The molecule has 0 aromatic heterocycles. The van der Waals surface area contributed by atoms with Crippen LogP contribution in [0.3, 0.4) is 0 Å². The van der Waals surface area contributed by atoms with Gasteiger partial charge in [0.2, 0.25) is 5.91 Å².